The van der Waals surface area contributed by atoms with Crippen molar-refractivity contribution in [2.75, 3.05) is 18.4 Å². The number of piperidine rings is 1. The van der Waals surface area contributed by atoms with Crippen LogP contribution in [0.1, 0.15) is 38.1 Å². The third-order valence-electron chi connectivity index (χ3n) is 5.23. The lowest BCUT2D eigenvalue weighted by Crippen LogP contribution is -2.43. The summed E-state index contributed by atoms with van der Waals surface area (Å²) in [6.45, 7) is 1.20. The molecule has 1 fully saturated rings. The number of aromatic nitrogens is 3. The first-order valence-corrected chi connectivity index (χ1v) is 11.2. The third-order valence-corrected chi connectivity index (χ3v) is 6.14. The van der Waals surface area contributed by atoms with Crippen molar-refractivity contribution in [1.29, 1.82) is 0 Å². The lowest BCUT2D eigenvalue weighted by atomic mass is 9.96. The Morgan fingerprint density at radius 3 is 2.45 bits per heavy atom. The van der Waals surface area contributed by atoms with Crippen LogP contribution < -0.4 is 10.6 Å². The summed E-state index contributed by atoms with van der Waals surface area (Å²) in [5.41, 5.74) is 1.20. The van der Waals surface area contributed by atoms with Crippen LogP contribution in [0.3, 0.4) is 0 Å². The topological polar surface area (TPSA) is 117 Å². The second-order valence-corrected chi connectivity index (χ2v) is 8.46. The molecule has 1 saturated heterocycles. The first-order valence-electron chi connectivity index (χ1n) is 10.4. The Bertz CT molecular complexity index is 1130. The molecule has 0 aliphatic carbocycles. The van der Waals surface area contributed by atoms with Gasteiger partial charge in [0.15, 0.2) is 0 Å². The molecule has 0 radical (unpaired) electrons. The molecule has 4 rings (SSSR count). The van der Waals surface area contributed by atoms with Gasteiger partial charge in [0.05, 0.1) is 12.2 Å². The zero-order valence-corrected chi connectivity index (χ0v) is 18.3. The summed E-state index contributed by atoms with van der Waals surface area (Å²) >= 11 is 0.892. The lowest BCUT2D eigenvalue weighted by molar-refractivity contribution is -0.126. The number of likely N-dealkylation sites (tertiary alicyclic amines) is 1. The first kappa shape index (κ1) is 22.5. The van der Waals surface area contributed by atoms with Crippen molar-refractivity contribution in [3.63, 3.8) is 0 Å². The predicted molar refractivity (Wildman–Crippen MR) is 119 cm³/mol. The molecule has 0 atom stereocenters. The van der Waals surface area contributed by atoms with E-state index in [-0.39, 0.29) is 27.7 Å². The van der Waals surface area contributed by atoms with E-state index in [4.69, 9.17) is 0 Å². The van der Waals surface area contributed by atoms with Crippen molar-refractivity contribution in [3.8, 4) is 0 Å². The number of halogens is 1. The number of anilines is 1. The zero-order valence-electron chi connectivity index (χ0n) is 17.5. The highest BCUT2D eigenvalue weighted by molar-refractivity contribution is 7.15. The van der Waals surface area contributed by atoms with Crippen LogP contribution in [0.4, 0.5) is 10.1 Å². The van der Waals surface area contributed by atoms with E-state index in [9.17, 15) is 18.8 Å². The number of carbonyl (C=O) groups is 3. The van der Waals surface area contributed by atoms with E-state index < -0.39 is 11.7 Å². The second kappa shape index (κ2) is 10.3. The fraction of sp³-hybridized carbons (Fsp3) is 0.273. The van der Waals surface area contributed by atoms with Gasteiger partial charge >= 0.3 is 0 Å². The Balaban J connectivity index is 1.27. The number of benzene rings is 1. The molecule has 3 amide bonds. The number of pyridine rings is 1. The van der Waals surface area contributed by atoms with Crippen LogP contribution in [-0.4, -0.2) is 50.9 Å². The molecule has 1 aliphatic rings. The summed E-state index contributed by atoms with van der Waals surface area (Å²) in [6, 6.07) is 10.8. The minimum Gasteiger partial charge on any atom is -0.350 e. The van der Waals surface area contributed by atoms with E-state index in [0.29, 0.717) is 38.2 Å². The van der Waals surface area contributed by atoms with Crippen molar-refractivity contribution in [2.24, 2.45) is 5.92 Å². The summed E-state index contributed by atoms with van der Waals surface area (Å²) in [5, 5.41) is 13.3. The molecule has 1 aliphatic heterocycles. The van der Waals surface area contributed by atoms with E-state index >= 15 is 0 Å². The molecule has 2 N–H and O–H groups in total. The van der Waals surface area contributed by atoms with Crippen LogP contribution in [0.2, 0.25) is 0 Å². The van der Waals surface area contributed by atoms with Gasteiger partial charge in [0.25, 0.3) is 11.8 Å². The molecule has 1 aromatic carbocycles. The van der Waals surface area contributed by atoms with E-state index in [2.05, 4.69) is 25.8 Å². The molecule has 0 saturated carbocycles. The molecule has 2 aromatic heterocycles. The molecule has 33 heavy (non-hydrogen) atoms. The SMILES string of the molecule is O=C(Nc1ccc(F)cc1)c1nnc(C(=O)N2CCC(C(=O)NCc3ccccn3)CC2)s1. The van der Waals surface area contributed by atoms with Gasteiger partial charge in [-0.05, 0) is 49.2 Å². The second-order valence-electron chi connectivity index (χ2n) is 7.48. The minimum absolute atomic E-state index is 0.0338. The Hall–Kier alpha value is -3.73. The standard InChI is InChI=1S/C22H21FN6O3S/c23-15-4-6-16(7-5-15)26-19(31)20-27-28-21(33-20)22(32)29-11-8-14(9-12-29)18(30)25-13-17-3-1-2-10-24-17/h1-7,10,14H,8-9,11-13H2,(H,25,30)(H,26,31). The van der Waals surface area contributed by atoms with Crippen molar-refractivity contribution in [3.05, 3.63) is 70.2 Å². The molecule has 0 bridgehead atoms. The Kier molecular flexibility index (Phi) is 6.98. The van der Waals surface area contributed by atoms with Crippen molar-refractivity contribution >= 4 is 34.7 Å². The molecular weight excluding hydrogens is 447 g/mol. The van der Waals surface area contributed by atoms with Gasteiger partial charge in [-0.2, -0.15) is 0 Å². The number of nitrogens with zero attached hydrogens (tertiary/aromatic N) is 4. The smallest absolute Gasteiger partial charge is 0.286 e. The normalized spacial score (nSPS) is 14.0. The number of carbonyl (C=O) groups excluding carboxylic acids is 3. The van der Waals surface area contributed by atoms with Crippen molar-refractivity contribution in [2.45, 2.75) is 19.4 Å². The van der Waals surface area contributed by atoms with Crippen LogP contribution in [0.5, 0.6) is 0 Å². The van der Waals surface area contributed by atoms with Gasteiger partial charge < -0.3 is 15.5 Å². The number of hydrogen-bond donors (Lipinski definition) is 2. The largest absolute Gasteiger partial charge is 0.350 e. The van der Waals surface area contributed by atoms with Gasteiger partial charge in [-0.25, -0.2) is 4.39 Å². The van der Waals surface area contributed by atoms with Crippen LogP contribution in [0.15, 0.2) is 48.7 Å². The van der Waals surface area contributed by atoms with Gasteiger partial charge in [0.2, 0.25) is 15.9 Å². The Labute approximate surface area is 193 Å². The summed E-state index contributed by atoms with van der Waals surface area (Å²) in [7, 11) is 0. The molecule has 11 heteroatoms. The summed E-state index contributed by atoms with van der Waals surface area (Å²) in [6.07, 6.45) is 2.75. The highest BCUT2D eigenvalue weighted by Crippen LogP contribution is 2.21. The first-order chi connectivity index (χ1) is 16.0. The van der Waals surface area contributed by atoms with Crippen LogP contribution in [-0.2, 0) is 11.3 Å². The van der Waals surface area contributed by atoms with Gasteiger partial charge in [0.1, 0.15) is 5.82 Å². The quantitative estimate of drug-likeness (QED) is 0.574. The van der Waals surface area contributed by atoms with Gasteiger partial charge in [-0.1, -0.05) is 17.4 Å². The maximum Gasteiger partial charge on any atom is 0.286 e. The lowest BCUT2D eigenvalue weighted by Gasteiger charge is -2.30. The Morgan fingerprint density at radius 1 is 1.03 bits per heavy atom. The van der Waals surface area contributed by atoms with Crippen LogP contribution >= 0.6 is 11.3 Å². The molecule has 0 spiro atoms. The maximum atomic E-state index is 13.0. The fourth-order valence-corrected chi connectivity index (χ4v) is 4.13. The zero-order chi connectivity index (χ0) is 23.2. The van der Waals surface area contributed by atoms with E-state index in [1.54, 1.807) is 11.1 Å². The number of nitrogens with one attached hydrogen (secondary N) is 2. The van der Waals surface area contributed by atoms with Gasteiger partial charge in [-0.15, -0.1) is 10.2 Å². The molecular formula is C22H21FN6O3S. The molecule has 3 heterocycles. The summed E-state index contributed by atoms with van der Waals surface area (Å²) in [4.78, 5) is 43.3. The van der Waals surface area contributed by atoms with Gasteiger partial charge in [-0.3, -0.25) is 19.4 Å². The number of amides is 3. The van der Waals surface area contributed by atoms with Crippen LogP contribution in [0.25, 0.3) is 0 Å². The van der Waals surface area contributed by atoms with Crippen LogP contribution in [0, 0.1) is 11.7 Å². The monoisotopic (exact) mass is 468 g/mol. The van der Waals surface area contributed by atoms with E-state index in [1.165, 1.54) is 24.3 Å². The third kappa shape index (κ3) is 5.75. The van der Waals surface area contributed by atoms with Crippen molar-refractivity contribution < 1.29 is 18.8 Å². The fourth-order valence-electron chi connectivity index (χ4n) is 3.42. The maximum absolute atomic E-state index is 13.0. The van der Waals surface area contributed by atoms with E-state index in [1.807, 2.05) is 18.2 Å². The molecule has 0 unspecified atom stereocenters. The van der Waals surface area contributed by atoms with Gasteiger partial charge in [0, 0.05) is 30.9 Å². The average molecular weight is 469 g/mol. The Morgan fingerprint density at radius 2 is 1.76 bits per heavy atom. The summed E-state index contributed by atoms with van der Waals surface area (Å²) in [5.74, 6) is -1.49. The molecule has 170 valence electrons. The summed E-state index contributed by atoms with van der Waals surface area (Å²) < 4.78 is 13.0. The average Bonchev–Trinajstić information content (AvgIpc) is 3.35. The van der Waals surface area contributed by atoms with E-state index in [0.717, 1.165) is 17.0 Å². The number of hydrogen-bond acceptors (Lipinski definition) is 7. The molecule has 3 aromatic rings. The highest BCUT2D eigenvalue weighted by atomic mass is 32.1. The highest BCUT2D eigenvalue weighted by Gasteiger charge is 2.29. The minimum atomic E-state index is -0.526. The van der Waals surface area contributed by atoms with Crippen molar-refractivity contribution in [1.82, 2.24) is 25.4 Å². The molecule has 9 nitrogen and oxygen atoms in total. The predicted octanol–water partition coefficient (Wildman–Crippen LogP) is 2.49. The number of rotatable bonds is 6.